The lowest BCUT2D eigenvalue weighted by Crippen LogP contribution is -2.47. The summed E-state index contributed by atoms with van der Waals surface area (Å²) in [6.45, 7) is 1.77. The molecule has 0 aliphatic carbocycles. The monoisotopic (exact) mass is 302 g/mol. The minimum atomic E-state index is -0.148. The Balaban J connectivity index is 1.81. The van der Waals surface area contributed by atoms with Gasteiger partial charge in [0, 0.05) is 23.7 Å². The molecule has 0 spiro atoms. The Morgan fingerprint density at radius 3 is 3.05 bits per heavy atom. The van der Waals surface area contributed by atoms with Crippen LogP contribution in [0.2, 0.25) is 10.0 Å². The maximum Gasteiger partial charge on any atom is 0.258 e. The van der Waals surface area contributed by atoms with Crippen molar-refractivity contribution in [2.45, 2.75) is 18.9 Å². The zero-order valence-corrected chi connectivity index (χ0v) is 11.9. The summed E-state index contributed by atoms with van der Waals surface area (Å²) >= 11 is 11.8. The van der Waals surface area contributed by atoms with Gasteiger partial charge < -0.3 is 15.4 Å². The molecular weight excluding hydrogens is 287 g/mol. The number of benzene rings is 1. The van der Waals surface area contributed by atoms with E-state index in [2.05, 4.69) is 10.6 Å². The molecule has 4 nitrogen and oxygen atoms in total. The highest BCUT2D eigenvalue weighted by Crippen LogP contribution is 2.27. The molecule has 6 heteroatoms. The van der Waals surface area contributed by atoms with Crippen LogP contribution in [-0.2, 0) is 4.79 Å². The van der Waals surface area contributed by atoms with Crippen molar-refractivity contribution in [1.29, 1.82) is 0 Å². The van der Waals surface area contributed by atoms with Gasteiger partial charge in [0.15, 0.2) is 6.61 Å². The molecule has 0 bridgehead atoms. The van der Waals surface area contributed by atoms with Crippen LogP contribution in [-0.4, -0.2) is 31.6 Å². The van der Waals surface area contributed by atoms with Crippen LogP contribution in [0, 0.1) is 0 Å². The van der Waals surface area contributed by atoms with Crippen molar-refractivity contribution in [3.63, 3.8) is 0 Å². The van der Waals surface area contributed by atoms with Gasteiger partial charge in [-0.05, 0) is 31.5 Å². The van der Waals surface area contributed by atoms with E-state index in [0.29, 0.717) is 15.8 Å². The molecule has 0 aromatic heterocycles. The minimum Gasteiger partial charge on any atom is -0.482 e. The smallest absolute Gasteiger partial charge is 0.258 e. The van der Waals surface area contributed by atoms with Crippen LogP contribution in [0.15, 0.2) is 18.2 Å². The van der Waals surface area contributed by atoms with Gasteiger partial charge in [-0.1, -0.05) is 23.2 Å². The predicted octanol–water partition coefficient (Wildman–Crippen LogP) is 2.24. The van der Waals surface area contributed by atoms with Crippen molar-refractivity contribution < 1.29 is 9.53 Å². The number of halogens is 2. The average molecular weight is 303 g/mol. The first-order valence-electron chi connectivity index (χ1n) is 6.23. The molecule has 2 rings (SSSR count). The summed E-state index contributed by atoms with van der Waals surface area (Å²) in [6.07, 6.45) is 2.07. The highest BCUT2D eigenvalue weighted by Gasteiger charge is 2.15. The second-order valence-corrected chi connectivity index (χ2v) is 5.32. The van der Waals surface area contributed by atoms with Crippen molar-refractivity contribution >= 4 is 29.1 Å². The summed E-state index contributed by atoms with van der Waals surface area (Å²) < 4.78 is 5.37. The van der Waals surface area contributed by atoms with Gasteiger partial charge in [0.1, 0.15) is 5.75 Å². The molecule has 0 radical (unpaired) electrons. The Morgan fingerprint density at radius 2 is 2.32 bits per heavy atom. The highest BCUT2D eigenvalue weighted by molar-refractivity contribution is 6.34. The summed E-state index contributed by atoms with van der Waals surface area (Å²) in [5.74, 6) is 0.274. The lowest BCUT2D eigenvalue weighted by atomic mass is 10.1. The van der Waals surface area contributed by atoms with E-state index >= 15 is 0 Å². The predicted molar refractivity (Wildman–Crippen MR) is 76.0 cm³/mol. The fraction of sp³-hybridized carbons (Fsp3) is 0.462. The molecule has 1 aromatic rings. The quantitative estimate of drug-likeness (QED) is 0.897. The van der Waals surface area contributed by atoms with Crippen LogP contribution in [0.4, 0.5) is 0 Å². The van der Waals surface area contributed by atoms with Crippen LogP contribution in [0.5, 0.6) is 5.75 Å². The summed E-state index contributed by atoms with van der Waals surface area (Å²) in [7, 11) is 0. The van der Waals surface area contributed by atoms with Crippen molar-refractivity contribution in [2.24, 2.45) is 0 Å². The number of amides is 1. The average Bonchev–Trinajstić information content (AvgIpc) is 2.41. The van der Waals surface area contributed by atoms with Gasteiger partial charge in [-0.3, -0.25) is 4.79 Å². The second kappa shape index (κ2) is 6.98. The number of piperidine rings is 1. The molecule has 1 saturated heterocycles. The van der Waals surface area contributed by atoms with E-state index in [0.717, 1.165) is 25.9 Å². The zero-order chi connectivity index (χ0) is 13.7. The molecule has 19 heavy (non-hydrogen) atoms. The van der Waals surface area contributed by atoms with Gasteiger partial charge in [-0.25, -0.2) is 0 Å². The molecule has 2 N–H and O–H groups in total. The molecule has 1 aromatic carbocycles. The fourth-order valence-corrected chi connectivity index (χ4v) is 2.31. The molecule has 1 fully saturated rings. The van der Waals surface area contributed by atoms with Gasteiger partial charge in [0.05, 0.1) is 5.02 Å². The van der Waals surface area contributed by atoms with Crippen LogP contribution >= 0.6 is 23.2 Å². The van der Waals surface area contributed by atoms with Gasteiger partial charge in [-0.15, -0.1) is 0 Å². The Kier molecular flexibility index (Phi) is 5.31. The third-order valence-electron chi connectivity index (χ3n) is 2.91. The number of hydrogen-bond acceptors (Lipinski definition) is 3. The summed E-state index contributed by atoms with van der Waals surface area (Å²) in [4.78, 5) is 11.7. The maximum atomic E-state index is 11.7. The number of rotatable bonds is 4. The number of carbonyl (C=O) groups excluding carboxylic acids is 1. The van der Waals surface area contributed by atoms with Gasteiger partial charge in [-0.2, -0.15) is 0 Å². The normalized spacial score (nSPS) is 18.9. The number of ether oxygens (including phenoxy) is 1. The van der Waals surface area contributed by atoms with E-state index in [9.17, 15) is 4.79 Å². The molecule has 0 unspecified atom stereocenters. The molecule has 1 aliphatic heterocycles. The third-order valence-corrected chi connectivity index (χ3v) is 3.46. The molecular formula is C13H16Cl2N2O2. The van der Waals surface area contributed by atoms with E-state index in [1.54, 1.807) is 18.2 Å². The van der Waals surface area contributed by atoms with E-state index in [4.69, 9.17) is 27.9 Å². The lowest BCUT2D eigenvalue weighted by Gasteiger charge is -2.23. The Morgan fingerprint density at radius 1 is 1.47 bits per heavy atom. The highest BCUT2D eigenvalue weighted by atomic mass is 35.5. The van der Waals surface area contributed by atoms with Crippen molar-refractivity contribution in [3.8, 4) is 5.75 Å². The van der Waals surface area contributed by atoms with Crippen molar-refractivity contribution in [3.05, 3.63) is 28.2 Å². The molecule has 1 atom stereocenters. The number of hydrogen-bond donors (Lipinski definition) is 2. The maximum absolute atomic E-state index is 11.7. The number of nitrogens with one attached hydrogen (secondary N) is 2. The standard InChI is InChI=1S/C13H16Cl2N2O2/c14-9-3-4-11(15)12(6-9)19-8-13(18)17-10-2-1-5-16-7-10/h3-4,6,10,16H,1-2,5,7-8H2,(H,17,18)/t10-/m0/s1. The SMILES string of the molecule is O=C(COc1cc(Cl)ccc1Cl)N[C@H]1CCCNC1. The Bertz CT molecular complexity index is 448. The largest absolute Gasteiger partial charge is 0.482 e. The number of carbonyl (C=O) groups is 1. The van der Waals surface area contributed by atoms with Gasteiger partial charge in [0.25, 0.3) is 5.91 Å². The second-order valence-electron chi connectivity index (χ2n) is 4.47. The first kappa shape index (κ1) is 14.4. The Labute approximate surface area is 122 Å². The van der Waals surface area contributed by atoms with E-state index in [-0.39, 0.29) is 18.6 Å². The molecule has 1 amide bonds. The van der Waals surface area contributed by atoms with Crippen molar-refractivity contribution in [1.82, 2.24) is 10.6 Å². The van der Waals surface area contributed by atoms with Gasteiger partial charge in [0.2, 0.25) is 0 Å². The molecule has 0 saturated carbocycles. The molecule has 104 valence electrons. The zero-order valence-electron chi connectivity index (χ0n) is 10.4. The van der Waals surface area contributed by atoms with Crippen LogP contribution < -0.4 is 15.4 Å². The summed E-state index contributed by atoms with van der Waals surface area (Å²) in [5, 5.41) is 7.12. The van der Waals surface area contributed by atoms with Gasteiger partial charge >= 0.3 is 0 Å². The van der Waals surface area contributed by atoms with Crippen LogP contribution in [0.25, 0.3) is 0 Å². The summed E-state index contributed by atoms with van der Waals surface area (Å²) in [6, 6.07) is 5.09. The topological polar surface area (TPSA) is 50.4 Å². The van der Waals surface area contributed by atoms with E-state index in [1.807, 2.05) is 0 Å². The van der Waals surface area contributed by atoms with E-state index < -0.39 is 0 Å². The molecule has 1 heterocycles. The van der Waals surface area contributed by atoms with Crippen molar-refractivity contribution in [2.75, 3.05) is 19.7 Å². The minimum absolute atomic E-state index is 0.0590. The Hall–Kier alpha value is -0.970. The van der Waals surface area contributed by atoms with E-state index in [1.165, 1.54) is 0 Å². The first-order valence-corrected chi connectivity index (χ1v) is 6.98. The first-order chi connectivity index (χ1) is 9.15. The van der Waals surface area contributed by atoms with Crippen LogP contribution in [0.3, 0.4) is 0 Å². The third kappa shape index (κ3) is 4.56. The summed E-state index contributed by atoms with van der Waals surface area (Å²) in [5.41, 5.74) is 0. The molecule has 1 aliphatic rings. The fourth-order valence-electron chi connectivity index (χ4n) is 1.98. The van der Waals surface area contributed by atoms with Crippen LogP contribution in [0.1, 0.15) is 12.8 Å². The lowest BCUT2D eigenvalue weighted by molar-refractivity contribution is -0.123.